The predicted octanol–water partition coefficient (Wildman–Crippen LogP) is 2.51. The maximum Gasteiger partial charge on any atom is 0.228 e. The fourth-order valence-corrected chi connectivity index (χ4v) is 2.11. The predicted molar refractivity (Wildman–Crippen MR) is 75.1 cm³/mol. The lowest BCUT2D eigenvalue weighted by Gasteiger charge is -2.07. The summed E-state index contributed by atoms with van der Waals surface area (Å²) in [5.74, 6) is 1.46. The van der Waals surface area contributed by atoms with E-state index in [1.54, 1.807) is 0 Å². The van der Waals surface area contributed by atoms with Gasteiger partial charge in [0.1, 0.15) is 0 Å². The van der Waals surface area contributed by atoms with Crippen LogP contribution in [-0.2, 0) is 12.8 Å². The standard InChI is InChI=1S/C15H21N3O/c1-4-16-12(3)9-15-17-14(18-19-15)10-13-8-6-5-7-11(13)2/h5-8,12,16H,4,9-10H2,1-3H3. The number of hydrogen-bond acceptors (Lipinski definition) is 4. The van der Waals surface area contributed by atoms with Crippen molar-refractivity contribution in [2.24, 2.45) is 0 Å². The van der Waals surface area contributed by atoms with Gasteiger partial charge in [0.05, 0.1) is 0 Å². The van der Waals surface area contributed by atoms with Crippen molar-refractivity contribution in [2.45, 2.75) is 39.7 Å². The van der Waals surface area contributed by atoms with Crippen LogP contribution in [0.4, 0.5) is 0 Å². The van der Waals surface area contributed by atoms with E-state index in [1.807, 2.05) is 12.1 Å². The van der Waals surface area contributed by atoms with Crippen LogP contribution in [0.5, 0.6) is 0 Å². The van der Waals surface area contributed by atoms with Crippen molar-refractivity contribution < 1.29 is 4.52 Å². The van der Waals surface area contributed by atoms with Gasteiger partial charge in [-0.05, 0) is 31.5 Å². The first kappa shape index (κ1) is 13.7. The Bertz CT molecular complexity index is 522. The summed E-state index contributed by atoms with van der Waals surface area (Å²) < 4.78 is 5.29. The zero-order chi connectivity index (χ0) is 13.7. The summed E-state index contributed by atoms with van der Waals surface area (Å²) >= 11 is 0. The van der Waals surface area contributed by atoms with Gasteiger partial charge >= 0.3 is 0 Å². The largest absolute Gasteiger partial charge is 0.339 e. The van der Waals surface area contributed by atoms with Gasteiger partial charge in [0.25, 0.3) is 0 Å². The SMILES string of the molecule is CCNC(C)Cc1nc(Cc2ccccc2C)no1. The molecule has 1 heterocycles. The Kier molecular flexibility index (Phi) is 4.68. The molecule has 4 heteroatoms. The molecule has 1 N–H and O–H groups in total. The zero-order valence-corrected chi connectivity index (χ0v) is 11.8. The molecule has 4 nitrogen and oxygen atoms in total. The van der Waals surface area contributed by atoms with E-state index in [9.17, 15) is 0 Å². The Morgan fingerprint density at radius 3 is 2.84 bits per heavy atom. The number of hydrogen-bond donors (Lipinski definition) is 1. The van der Waals surface area contributed by atoms with Crippen LogP contribution in [-0.4, -0.2) is 22.7 Å². The molecule has 0 amide bonds. The minimum atomic E-state index is 0.358. The van der Waals surface area contributed by atoms with Gasteiger partial charge in [-0.15, -0.1) is 0 Å². The number of nitrogens with zero attached hydrogens (tertiary/aromatic N) is 2. The molecule has 0 saturated heterocycles. The second kappa shape index (κ2) is 6.48. The maximum atomic E-state index is 5.29. The molecule has 1 atom stereocenters. The number of rotatable bonds is 6. The lowest BCUT2D eigenvalue weighted by atomic mass is 10.1. The van der Waals surface area contributed by atoms with Gasteiger partial charge < -0.3 is 9.84 Å². The molecule has 0 aliphatic heterocycles. The van der Waals surface area contributed by atoms with Gasteiger partial charge in [-0.3, -0.25) is 0 Å². The molecule has 0 spiro atoms. The van der Waals surface area contributed by atoms with Crippen LogP contribution in [0.15, 0.2) is 28.8 Å². The van der Waals surface area contributed by atoms with Crippen molar-refractivity contribution in [2.75, 3.05) is 6.54 Å². The molecule has 0 aliphatic carbocycles. The number of aryl methyl sites for hydroxylation is 1. The van der Waals surface area contributed by atoms with Gasteiger partial charge in [0.15, 0.2) is 5.82 Å². The lowest BCUT2D eigenvalue weighted by molar-refractivity contribution is 0.359. The summed E-state index contributed by atoms with van der Waals surface area (Å²) in [5.41, 5.74) is 2.50. The van der Waals surface area contributed by atoms with E-state index in [0.717, 1.165) is 25.2 Å². The second-order valence-corrected chi connectivity index (χ2v) is 4.87. The van der Waals surface area contributed by atoms with Gasteiger partial charge in [0.2, 0.25) is 5.89 Å². The summed E-state index contributed by atoms with van der Waals surface area (Å²) in [6.45, 7) is 7.26. The highest BCUT2D eigenvalue weighted by molar-refractivity contribution is 5.27. The second-order valence-electron chi connectivity index (χ2n) is 4.87. The summed E-state index contributed by atoms with van der Waals surface area (Å²) in [4.78, 5) is 4.45. The highest BCUT2D eigenvalue weighted by atomic mass is 16.5. The Morgan fingerprint density at radius 1 is 1.32 bits per heavy atom. The Balaban J connectivity index is 2.00. The average Bonchev–Trinajstić information content (AvgIpc) is 2.80. The number of benzene rings is 1. The van der Waals surface area contributed by atoms with Crippen molar-refractivity contribution in [3.05, 3.63) is 47.1 Å². The molecule has 2 aromatic rings. The van der Waals surface area contributed by atoms with Crippen LogP contribution >= 0.6 is 0 Å². The molecule has 1 aromatic heterocycles. The normalized spacial score (nSPS) is 12.6. The van der Waals surface area contributed by atoms with Crippen LogP contribution in [0.1, 0.15) is 36.7 Å². The lowest BCUT2D eigenvalue weighted by Crippen LogP contribution is -2.27. The fourth-order valence-electron chi connectivity index (χ4n) is 2.11. The molecular weight excluding hydrogens is 238 g/mol. The van der Waals surface area contributed by atoms with Crippen molar-refractivity contribution in [3.8, 4) is 0 Å². The molecule has 0 bridgehead atoms. The van der Waals surface area contributed by atoms with Crippen molar-refractivity contribution in [1.82, 2.24) is 15.5 Å². The molecular formula is C15H21N3O. The summed E-state index contributed by atoms with van der Waals surface area (Å²) in [6, 6.07) is 8.64. The van der Waals surface area contributed by atoms with E-state index in [1.165, 1.54) is 11.1 Å². The van der Waals surface area contributed by atoms with Gasteiger partial charge in [-0.2, -0.15) is 4.98 Å². The van der Waals surface area contributed by atoms with Crippen LogP contribution in [0.2, 0.25) is 0 Å². The number of aromatic nitrogens is 2. The quantitative estimate of drug-likeness (QED) is 0.866. The first-order valence-corrected chi connectivity index (χ1v) is 6.78. The molecule has 2 rings (SSSR count). The first-order valence-electron chi connectivity index (χ1n) is 6.78. The van der Waals surface area contributed by atoms with E-state index in [0.29, 0.717) is 11.9 Å². The summed E-state index contributed by atoms with van der Waals surface area (Å²) in [7, 11) is 0. The molecule has 1 unspecified atom stereocenters. The topological polar surface area (TPSA) is 51.0 Å². The molecule has 0 aliphatic rings. The fraction of sp³-hybridized carbons (Fsp3) is 0.467. The van der Waals surface area contributed by atoms with Crippen molar-refractivity contribution >= 4 is 0 Å². The van der Waals surface area contributed by atoms with Crippen molar-refractivity contribution in [1.29, 1.82) is 0 Å². The Morgan fingerprint density at radius 2 is 2.11 bits per heavy atom. The monoisotopic (exact) mass is 259 g/mol. The molecule has 0 fully saturated rings. The van der Waals surface area contributed by atoms with Crippen LogP contribution in [0, 0.1) is 6.92 Å². The van der Waals surface area contributed by atoms with E-state index in [-0.39, 0.29) is 0 Å². The third-order valence-electron chi connectivity index (χ3n) is 3.15. The van der Waals surface area contributed by atoms with E-state index in [2.05, 4.69) is 48.4 Å². The van der Waals surface area contributed by atoms with Crippen LogP contribution < -0.4 is 5.32 Å². The third-order valence-corrected chi connectivity index (χ3v) is 3.15. The van der Waals surface area contributed by atoms with E-state index < -0.39 is 0 Å². The van der Waals surface area contributed by atoms with E-state index in [4.69, 9.17) is 4.52 Å². The zero-order valence-electron chi connectivity index (χ0n) is 11.8. The highest BCUT2D eigenvalue weighted by Gasteiger charge is 2.11. The number of likely N-dealkylation sites (N-methyl/N-ethyl adjacent to an activating group) is 1. The minimum Gasteiger partial charge on any atom is -0.339 e. The maximum absolute atomic E-state index is 5.29. The summed E-state index contributed by atoms with van der Waals surface area (Å²) in [5, 5.41) is 7.39. The van der Waals surface area contributed by atoms with Gasteiger partial charge in [0, 0.05) is 18.9 Å². The van der Waals surface area contributed by atoms with Crippen LogP contribution in [0.25, 0.3) is 0 Å². The third kappa shape index (κ3) is 3.89. The average molecular weight is 259 g/mol. The first-order chi connectivity index (χ1) is 9.19. The van der Waals surface area contributed by atoms with E-state index >= 15 is 0 Å². The number of nitrogens with one attached hydrogen (secondary N) is 1. The minimum absolute atomic E-state index is 0.358. The molecule has 0 saturated carbocycles. The highest BCUT2D eigenvalue weighted by Crippen LogP contribution is 2.12. The molecule has 0 radical (unpaired) electrons. The van der Waals surface area contributed by atoms with Gasteiger partial charge in [-0.1, -0.05) is 36.3 Å². The van der Waals surface area contributed by atoms with Gasteiger partial charge in [-0.25, -0.2) is 0 Å². The van der Waals surface area contributed by atoms with Crippen LogP contribution in [0.3, 0.4) is 0 Å². The Labute approximate surface area is 114 Å². The molecule has 1 aromatic carbocycles. The molecule has 19 heavy (non-hydrogen) atoms. The smallest absolute Gasteiger partial charge is 0.228 e. The molecule has 102 valence electrons. The Hall–Kier alpha value is -1.68. The summed E-state index contributed by atoms with van der Waals surface area (Å²) in [6.07, 6.45) is 1.50. The van der Waals surface area contributed by atoms with Crippen molar-refractivity contribution in [3.63, 3.8) is 0 Å².